The van der Waals surface area contributed by atoms with Crippen LogP contribution in [-0.2, 0) is 17.9 Å². The van der Waals surface area contributed by atoms with Gasteiger partial charge in [0.2, 0.25) is 5.91 Å². The predicted molar refractivity (Wildman–Crippen MR) is 93.2 cm³/mol. The van der Waals surface area contributed by atoms with Crippen molar-refractivity contribution in [2.24, 2.45) is 5.73 Å². The number of primary amides is 1. The Morgan fingerprint density at radius 3 is 2.67 bits per heavy atom. The van der Waals surface area contributed by atoms with Crippen LogP contribution in [0.5, 0.6) is 5.75 Å². The summed E-state index contributed by atoms with van der Waals surface area (Å²) in [5.74, 6) is -0.0827. The zero-order valence-corrected chi connectivity index (χ0v) is 13.5. The van der Waals surface area contributed by atoms with Crippen LogP contribution in [0.2, 0.25) is 5.02 Å². The molecule has 2 N–H and O–H groups in total. The number of carbonyl (C=O) groups is 1. The number of para-hydroxylation sites is 1. The number of ether oxygens (including phenoxy) is 1. The Bertz CT molecular complexity index is 966. The molecule has 0 bridgehead atoms. The second-order valence-electron chi connectivity index (χ2n) is 5.34. The number of carbonyl (C=O) groups excluding carboxylic acids is 1. The Labute approximate surface area is 143 Å². The van der Waals surface area contributed by atoms with Gasteiger partial charge in [0.05, 0.1) is 5.52 Å². The molecular formula is C18H15ClN2O3. The number of halogens is 1. The summed E-state index contributed by atoms with van der Waals surface area (Å²) in [6.07, 6.45) is 0. The molecule has 6 heteroatoms. The van der Waals surface area contributed by atoms with Crippen molar-refractivity contribution in [3.63, 3.8) is 0 Å². The number of rotatable bonds is 5. The van der Waals surface area contributed by atoms with Gasteiger partial charge in [-0.05, 0) is 29.8 Å². The SMILES string of the molecule is NC(=O)Cn1c(=O)ccc2cccc(OCc3cccc(Cl)c3)c21. The van der Waals surface area contributed by atoms with Crippen LogP contribution < -0.4 is 16.0 Å². The largest absolute Gasteiger partial charge is 0.487 e. The fourth-order valence-electron chi connectivity index (χ4n) is 2.54. The maximum atomic E-state index is 12.1. The first-order valence-electron chi connectivity index (χ1n) is 7.33. The summed E-state index contributed by atoms with van der Waals surface area (Å²) in [6.45, 7) is 0.0903. The number of benzene rings is 2. The number of nitrogens with zero attached hydrogens (tertiary/aromatic N) is 1. The van der Waals surface area contributed by atoms with Gasteiger partial charge >= 0.3 is 0 Å². The van der Waals surface area contributed by atoms with E-state index < -0.39 is 5.91 Å². The Morgan fingerprint density at radius 1 is 1.12 bits per heavy atom. The van der Waals surface area contributed by atoms with Crippen molar-refractivity contribution in [2.75, 3.05) is 0 Å². The molecule has 0 saturated carbocycles. The van der Waals surface area contributed by atoms with E-state index in [1.165, 1.54) is 10.6 Å². The summed E-state index contributed by atoms with van der Waals surface area (Å²) in [6, 6.07) is 15.9. The molecule has 0 saturated heterocycles. The van der Waals surface area contributed by atoms with Crippen molar-refractivity contribution in [1.29, 1.82) is 0 Å². The van der Waals surface area contributed by atoms with Crippen molar-refractivity contribution in [1.82, 2.24) is 4.57 Å². The first kappa shape index (κ1) is 16.1. The highest BCUT2D eigenvalue weighted by Crippen LogP contribution is 2.25. The summed E-state index contributed by atoms with van der Waals surface area (Å²) in [7, 11) is 0. The quantitative estimate of drug-likeness (QED) is 0.774. The van der Waals surface area contributed by atoms with Gasteiger partial charge in [0.15, 0.2) is 0 Å². The summed E-state index contributed by atoms with van der Waals surface area (Å²) < 4.78 is 7.19. The van der Waals surface area contributed by atoms with Crippen molar-refractivity contribution in [2.45, 2.75) is 13.2 Å². The predicted octanol–water partition coefficient (Wildman–Crippen LogP) is 2.72. The third-order valence-electron chi connectivity index (χ3n) is 3.57. The lowest BCUT2D eigenvalue weighted by molar-refractivity contribution is -0.118. The lowest BCUT2D eigenvalue weighted by atomic mass is 10.2. The van der Waals surface area contributed by atoms with E-state index in [0.29, 0.717) is 22.9 Å². The smallest absolute Gasteiger partial charge is 0.251 e. The van der Waals surface area contributed by atoms with Crippen LogP contribution in [0.15, 0.2) is 59.4 Å². The van der Waals surface area contributed by atoms with Gasteiger partial charge in [-0.15, -0.1) is 0 Å². The lowest BCUT2D eigenvalue weighted by Crippen LogP contribution is -2.27. The molecule has 0 fully saturated rings. The number of hydrogen-bond donors (Lipinski definition) is 1. The maximum Gasteiger partial charge on any atom is 0.251 e. The molecule has 5 nitrogen and oxygen atoms in total. The first-order valence-corrected chi connectivity index (χ1v) is 7.70. The molecule has 3 rings (SSSR count). The number of hydrogen-bond acceptors (Lipinski definition) is 3. The maximum absolute atomic E-state index is 12.1. The number of amides is 1. The van der Waals surface area contributed by atoms with E-state index in [9.17, 15) is 9.59 Å². The van der Waals surface area contributed by atoms with Crippen LogP contribution in [0.25, 0.3) is 10.9 Å². The average Bonchev–Trinajstić information content (AvgIpc) is 2.55. The van der Waals surface area contributed by atoms with Gasteiger partial charge in [-0.1, -0.05) is 35.9 Å². The molecule has 24 heavy (non-hydrogen) atoms. The third kappa shape index (κ3) is 3.41. The monoisotopic (exact) mass is 342 g/mol. The Kier molecular flexibility index (Phi) is 4.53. The van der Waals surface area contributed by atoms with E-state index in [-0.39, 0.29) is 12.1 Å². The molecule has 3 aromatic rings. The van der Waals surface area contributed by atoms with E-state index in [0.717, 1.165) is 10.9 Å². The normalized spacial score (nSPS) is 10.7. The van der Waals surface area contributed by atoms with Gasteiger partial charge in [0.1, 0.15) is 18.9 Å². The minimum atomic E-state index is -0.589. The van der Waals surface area contributed by atoms with E-state index >= 15 is 0 Å². The summed E-state index contributed by atoms with van der Waals surface area (Å²) in [5.41, 5.74) is 6.41. The number of fused-ring (bicyclic) bond motifs is 1. The van der Waals surface area contributed by atoms with E-state index in [1.807, 2.05) is 30.3 Å². The van der Waals surface area contributed by atoms with Gasteiger partial charge in [-0.3, -0.25) is 14.2 Å². The number of nitrogens with two attached hydrogens (primary N) is 1. The fourth-order valence-corrected chi connectivity index (χ4v) is 2.75. The Hall–Kier alpha value is -2.79. The number of pyridine rings is 1. The molecule has 1 amide bonds. The third-order valence-corrected chi connectivity index (χ3v) is 3.80. The van der Waals surface area contributed by atoms with E-state index in [4.69, 9.17) is 22.1 Å². The summed E-state index contributed by atoms with van der Waals surface area (Å²) >= 11 is 5.97. The van der Waals surface area contributed by atoms with Gasteiger partial charge in [0.25, 0.3) is 5.56 Å². The minimum absolute atomic E-state index is 0.201. The Morgan fingerprint density at radius 2 is 1.92 bits per heavy atom. The molecule has 0 aliphatic carbocycles. The van der Waals surface area contributed by atoms with Gasteiger partial charge in [-0.25, -0.2) is 0 Å². The van der Waals surface area contributed by atoms with Gasteiger partial charge in [-0.2, -0.15) is 0 Å². The van der Waals surface area contributed by atoms with Crippen molar-refractivity contribution in [3.8, 4) is 5.75 Å². The molecule has 0 unspecified atom stereocenters. The zero-order valence-electron chi connectivity index (χ0n) is 12.7. The van der Waals surface area contributed by atoms with Crippen molar-refractivity contribution < 1.29 is 9.53 Å². The standard InChI is InChI=1S/C18H15ClN2O3/c19-14-5-1-3-12(9-14)11-24-15-6-2-4-13-7-8-17(23)21(18(13)15)10-16(20)22/h1-9H,10-11H2,(H2,20,22). The molecule has 1 heterocycles. The highest BCUT2D eigenvalue weighted by molar-refractivity contribution is 6.30. The summed E-state index contributed by atoms with van der Waals surface area (Å²) in [4.78, 5) is 23.4. The van der Waals surface area contributed by atoms with Crippen LogP contribution in [0.3, 0.4) is 0 Å². The fraction of sp³-hybridized carbons (Fsp3) is 0.111. The first-order chi connectivity index (χ1) is 11.5. The topological polar surface area (TPSA) is 74.3 Å². The summed E-state index contributed by atoms with van der Waals surface area (Å²) in [5, 5.41) is 1.42. The van der Waals surface area contributed by atoms with Crippen LogP contribution in [-0.4, -0.2) is 10.5 Å². The highest BCUT2D eigenvalue weighted by atomic mass is 35.5. The van der Waals surface area contributed by atoms with Crippen LogP contribution in [0.1, 0.15) is 5.56 Å². The van der Waals surface area contributed by atoms with Crippen molar-refractivity contribution in [3.05, 3.63) is 75.5 Å². The molecule has 0 atom stereocenters. The molecule has 0 radical (unpaired) electrons. The van der Waals surface area contributed by atoms with Crippen LogP contribution >= 0.6 is 11.6 Å². The van der Waals surface area contributed by atoms with Crippen LogP contribution in [0.4, 0.5) is 0 Å². The molecule has 2 aromatic carbocycles. The molecule has 0 aliphatic rings. The lowest BCUT2D eigenvalue weighted by Gasteiger charge is -2.14. The molecule has 1 aromatic heterocycles. The average molecular weight is 343 g/mol. The van der Waals surface area contributed by atoms with Gasteiger partial charge in [0, 0.05) is 16.5 Å². The second kappa shape index (κ2) is 6.76. The highest BCUT2D eigenvalue weighted by Gasteiger charge is 2.11. The van der Waals surface area contributed by atoms with E-state index in [1.54, 1.807) is 18.2 Å². The number of aromatic nitrogens is 1. The molecular weight excluding hydrogens is 328 g/mol. The second-order valence-corrected chi connectivity index (χ2v) is 5.77. The van der Waals surface area contributed by atoms with Crippen molar-refractivity contribution >= 4 is 28.4 Å². The zero-order chi connectivity index (χ0) is 17.1. The van der Waals surface area contributed by atoms with Crippen LogP contribution in [0, 0.1) is 0 Å². The van der Waals surface area contributed by atoms with E-state index in [2.05, 4.69) is 0 Å². The molecule has 0 aliphatic heterocycles. The molecule has 0 spiro atoms. The van der Waals surface area contributed by atoms with Gasteiger partial charge < -0.3 is 10.5 Å². The molecule has 122 valence electrons. The minimum Gasteiger partial charge on any atom is -0.487 e. The Balaban J connectivity index is 2.02.